The molecule has 3 aliphatic rings. The van der Waals surface area contributed by atoms with Gasteiger partial charge in [0.1, 0.15) is 5.82 Å². The standard InChI is InChI=1S/C25H33FN2O4/c1-27(19-6-4-3-5-7-19)23(30)15-25(24(31)32-2)21-13-12-20(14-22(25)29)28(21)16-17-8-10-18(26)11-9-17/h8-11,19-21H,3-7,12-16H2,1-2H3/t20-,21-,25-/m1/s1. The van der Waals surface area contributed by atoms with Crippen LogP contribution in [0.4, 0.5) is 4.39 Å². The number of ketones is 1. The van der Waals surface area contributed by atoms with Crippen molar-refractivity contribution in [1.29, 1.82) is 0 Å². The second-order valence-corrected chi connectivity index (χ2v) is 9.61. The van der Waals surface area contributed by atoms with Gasteiger partial charge in [-0.1, -0.05) is 31.4 Å². The Morgan fingerprint density at radius 2 is 1.81 bits per heavy atom. The van der Waals surface area contributed by atoms with E-state index in [1.54, 1.807) is 24.1 Å². The zero-order valence-corrected chi connectivity index (χ0v) is 19.0. The number of carbonyl (C=O) groups excluding carboxylic acids is 3. The lowest BCUT2D eigenvalue weighted by Crippen LogP contribution is -2.61. The highest BCUT2D eigenvalue weighted by molar-refractivity contribution is 6.08. The summed E-state index contributed by atoms with van der Waals surface area (Å²) in [5.41, 5.74) is -0.566. The van der Waals surface area contributed by atoms with Crippen LogP contribution in [0, 0.1) is 11.2 Å². The second kappa shape index (κ2) is 9.30. The van der Waals surface area contributed by atoms with Crippen LogP contribution in [0.5, 0.6) is 0 Å². The fraction of sp³-hybridized carbons (Fsp3) is 0.640. The van der Waals surface area contributed by atoms with Crippen LogP contribution in [0.15, 0.2) is 24.3 Å². The van der Waals surface area contributed by atoms with E-state index in [0.717, 1.165) is 37.7 Å². The van der Waals surface area contributed by atoms with E-state index in [4.69, 9.17) is 4.74 Å². The van der Waals surface area contributed by atoms with E-state index in [1.807, 2.05) is 0 Å². The van der Waals surface area contributed by atoms with Gasteiger partial charge in [-0.25, -0.2) is 4.39 Å². The number of halogens is 1. The molecule has 1 saturated carbocycles. The van der Waals surface area contributed by atoms with Gasteiger partial charge >= 0.3 is 5.97 Å². The number of hydrogen-bond donors (Lipinski definition) is 0. The number of rotatable bonds is 6. The van der Waals surface area contributed by atoms with Crippen LogP contribution in [0.1, 0.15) is 63.4 Å². The van der Waals surface area contributed by atoms with Crippen LogP contribution in [-0.2, 0) is 25.7 Å². The number of esters is 1. The number of Topliss-reactive ketones (excluding diaryl/α,β-unsaturated/α-hetero) is 1. The number of ether oxygens (including phenoxy) is 1. The van der Waals surface area contributed by atoms with Gasteiger partial charge in [0.15, 0.2) is 11.2 Å². The zero-order valence-electron chi connectivity index (χ0n) is 19.0. The Hall–Kier alpha value is -2.28. The molecule has 1 aliphatic carbocycles. The van der Waals surface area contributed by atoms with Crippen molar-refractivity contribution in [1.82, 2.24) is 9.80 Å². The molecule has 1 aromatic carbocycles. The number of nitrogens with zero attached hydrogens (tertiary/aromatic N) is 2. The van der Waals surface area contributed by atoms with E-state index in [9.17, 15) is 18.8 Å². The molecule has 1 aromatic rings. The Balaban J connectivity index is 1.61. The van der Waals surface area contributed by atoms with Gasteiger partial charge in [0, 0.05) is 38.1 Å². The number of piperidine rings is 1. The molecule has 32 heavy (non-hydrogen) atoms. The zero-order chi connectivity index (χ0) is 22.9. The average Bonchev–Trinajstić information content (AvgIpc) is 3.13. The summed E-state index contributed by atoms with van der Waals surface area (Å²) in [6, 6.07) is 6.10. The number of amides is 1. The second-order valence-electron chi connectivity index (χ2n) is 9.61. The SMILES string of the molecule is COC(=O)[C@@]1(CC(=O)N(C)C2CCCCC2)C(=O)C[C@H]2CC[C@H]1N2Cc1ccc(F)cc1. The van der Waals surface area contributed by atoms with Gasteiger partial charge in [-0.2, -0.15) is 0 Å². The lowest BCUT2D eigenvalue weighted by Gasteiger charge is -2.46. The van der Waals surface area contributed by atoms with Crippen LogP contribution >= 0.6 is 0 Å². The fourth-order valence-electron chi connectivity index (χ4n) is 6.06. The Labute approximate surface area is 189 Å². The van der Waals surface area contributed by atoms with Gasteiger partial charge in [-0.3, -0.25) is 19.3 Å². The normalized spacial score (nSPS) is 28.5. The monoisotopic (exact) mass is 444 g/mol. The highest BCUT2D eigenvalue weighted by Crippen LogP contribution is 2.48. The molecule has 174 valence electrons. The van der Waals surface area contributed by atoms with E-state index < -0.39 is 17.4 Å². The van der Waals surface area contributed by atoms with Gasteiger partial charge < -0.3 is 9.64 Å². The summed E-state index contributed by atoms with van der Waals surface area (Å²) in [6.45, 7) is 0.508. The summed E-state index contributed by atoms with van der Waals surface area (Å²) in [5.74, 6) is -1.26. The smallest absolute Gasteiger partial charge is 0.321 e. The molecular formula is C25H33FN2O4. The maximum Gasteiger partial charge on any atom is 0.321 e. The van der Waals surface area contributed by atoms with Gasteiger partial charge in [0.2, 0.25) is 5.91 Å². The first-order valence-corrected chi connectivity index (χ1v) is 11.7. The number of fused-ring (bicyclic) bond motifs is 2. The molecule has 0 radical (unpaired) electrons. The Kier molecular flexibility index (Phi) is 6.65. The van der Waals surface area contributed by atoms with Crippen molar-refractivity contribution in [2.24, 2.45) is 5.41 Å². The maximum atomic E-state index is 13.4. The van der Waals surface area contributed by atoms with Crippen molar-refractivity contribution in [3.05, 3.63) is 35.6 Å². The topological polar surface area (TPSA) is 66.9 Å². The molecule has 2 aliphatic heterocycles. The molecule has 6 nitrogen and oxygen atoms in total. The van der Waals surface area contributed by atoms with Crippen LogP contribution in [0.3, 0.4) is 0 Å². The third-order valence-corrected chi connectivity index (χ3v) is 7.90. The lowest BCUT2D eigenvalue weighted by atomic mass is 9.69. The summed E-state index contributed by atoms with van der Waals surface area (Å²) in [7, 11) is 3.09. The molecule has 3 fully saturated rings. The lowest BCUT2D eigenvalue weighted by molar-refractivity contribution is -0.171. The van der Waals surface area contributed by atoms with Crippen LogP contribution in [0.2, 0.25) is 0 Å². The first-order chi connectivity index (χ1) is 15.4. The van der Waals surface area contributed by atoms with Crippen molar-refractivity contribution in [3.63, 3.8) is 0 Å². The summed E-state index contributed by atoms with van der Waals surface area (Å²) < 4.78 is 18.5. The van der Waals surface area contributed by atoms with Crippen molar-refractivity contribution in [2.45, 2.75) is 82.5 Å². The third-order valence-electron chi connectivity index (χ3n) is 7.90. The van der Waals surface area contributed by atoms with Crippen molar-refractivity contribution >= 4 is 17.7 Å². The first kappa shape index (κ1) is 22.9. The summed E-state index contributed by atoms with van der Waals surface area (Å²) in [4.78, 5) is 43.9. The number of carbonyl (C=O) groups is 3. The molecule has 0 unspecified atom stereocenters. The molecule has 0 N–H and O–H groups in total. The molecule has 0 aromatic heterocycles. The highest BCUT2D eigenvalue weighted by Gasteiger charge is 2.62. The minimum Gasteiger partial charge on any atom is -0.468 e. The third kappa shape index (κ3) is 4.07. The maximum absolute atomic E-state index is 13.4. The fourth-order valence-corrected chi connectivity index (χ4v) is 6.06. The summed E-state index contributed by atoms with van der Waals surface area (Å²) in [6.07, 6.45) is 6.84. The molecule has 7 heteroatoms. The molecule has 2 heterocycles. The highest BCUT2D eigenvalue weighted by atomic mass is 19.1. The molecule has 1 amide bonds. The van der Waals surface area contributed by atoms with E-state index in [2.05, 4.69) is 4.90 Å². The average molecular weight is 445 g/mol. The van der Waals surface area contributed by atoms with Crippen molar-refractivity contribution < 1.29 is 23.5 Å². The molecule has 4 rings (SSSR count). The molecule has 2 bridgehead atoms. The minimum absolute atomic E-state index is 0.0292. The van der Waals surface area contributed by atoms with Gasteiger partial charge in [-0.05, 0) is 43.4 Å². The van der Waals surface area contributed by atoms with E-state index in [-0.39, 0.29) is 42.4 Å². The first-order valence-electron chi connectivity index (χ1n) is 11.7. The van der Waals surface area contributed by atoms with Crippen molar-refractivity contribution in [3.8, 4) is 0 Å². The predicted molar refractivity (Wildman–Crippen MR) is 117 cm³/mol. The largest absolute Gasteiger partial charge is 0.468 e. The van der Waals surface area contributed by atoms with Crippen LogP contribution in [0.25, 0.3) is 0 Å². The number of benzene rings is 1. The molecule has 2 saturated heterocycles. The quantitative estimate of drug-likeness (QED) is 0.497. The van der Waals surface area contributed by atoms with Crippen LogP contribution in [-0.4, -0.2) is 59.7 Å². The minimum atomic E-state index is -1.48. The van der Waals surface area contributed by atoms with E-state index in [1.165, 1.54) is 25.7 Å². The van der Waals surface area contributed by atoms with Crippen molar-refractivity contribution in [2.75, 3.05) is 14.2 Å². The molecule has 0 spiro atoms. The number of hydrogen-bond acceptors (Lipinski definition) is 5. The Morgan fingerprint density at radius 3 is 2.47 bits per heavy atom. The molecular weight excluding hydrogens is 411 g/mol. The predicted octanol–water partition coefficient (Wildman–Crippen LogP) is 3.47. The Bertz CT molecular complexity index is 867. The van der Waals surface area contributed by atoms with Gasteiger partial charge in [0.05, 0.1) is 13.5 Å². The van der Waals surface area contributed by atoms with Gasteiger partial charge in [-0.15, -0.1) is 0 Å². The van der Waals surface area contributed by atoms with E-state index in [0.29, 0.717) is 13.0 Å². The Morgan fingerprint density at radius 1 is 1.12 bits per heavy atom. The number of methoxy groups -OCH3 is 1. The van der Waals surface area contributed by atoms with E-state index >= 15 is 0 Å². The molecule has 3 atom stereocenters. The summed E-state index contributed by atoms with van der Waals surface area (Å²) >= 11 is 0. The van der Waals surface area contributed by atoms with Gasteiger partial charge in [0.25, 0.3) is 0 Å². The summed E-state index contributed by atoms with van der Waals surface area (Å²) in [5, 5.41) is 0. The van der Waals surface area contributed by atoms with Crippen LogP contribution < -0.4 is 0 Å².